The summed E-state index contributed by atoms with van der Waals surface area (Å²) in [5.74, 6) is 0. The van der Waals surface area contributed by atoms with E-state index in [0.717, 1.165) is 6.42 Å². The summed E-state index contributed by atoms with van der Waals surface area (Å²) in [5, 5.41) is 11.3. The van der Waals surface area contributed by atoms with Crippen molar-refractivity contribution >= 4 is 0 Å². The molecule has 0 fully saturated rings. The smallest absolute Gasteiger partial charge is 0.0596 e. The van der Waals surface area contributed by atoms with Crippen molar-refractivity contribution in [2.45, 2.75) is 169 Å². The molecule has 0 amide bonds. The SMILES string of the molecule is CCCCCCCCC(CCC)(CCCCCCCC)C(O)CCCCCC. The lowest BCUT2D eigenvalue weighted by Crippen LogP contribution is -2.35. The first-order valence-electron chi connectivity index (χ1n) is 13.3. The van der Waals surface area contributed by atoms with Crippen molar-refractivity contribution in [3.63, 3.8) is 0 Å². The van der Waals surface area contributed by atoms with Gasteiger partial charge in [0.05, 0.1) is 6.10 Å². The van der Waals surface area contributed by atoms with Gasteiger partial charge >= 0.3 is 0 Å². The molecule has 0 saturated carbocycles. The molecular weight excluding hydrogens is 340 g/mol. The zero-order valence-corrected chi connectivity index (χ0v) is 20.4. The summed E-state index contributed by atoms with van der Waals surface area (Å²) in [7, 11) is 0. The Labute approximate surface area is 179 Å². The Morgan fingerprint density at radius 2 is 0.857 bits per heavy atom. The van der Waals surface area contributed by atoms with E-state index in [1.54, 1.807) is 0 Å². The molecule has 0 aliphatic rings. The maximum Gasteiger partial charge on any atom is 0.0596 e. The molecule has 0 aliphatic heterocycles. The largest absolute Gasteiger partial charge is 0.393 e. The van der Waals surface area contributed by atoms with Crippen LogP contribution in [-0.4, -0.2) is 11.2 Å². The Morgan fingerprint density at radius 1 is 0.464 bits per heavy atom. The van der Waals surface area contributed by atoms with E-state index in [1.165, 1.54) is 128 Å². The van der Waals surface area contributed by atoms with Crippen LogP contribution in [-0.2, 0) is 0 Å². The Kier molecular flexibility index (Phi) is 20.2. The molecule has 1 unspecified atom stereocenters. The summed E-state index contributed by atoms with van der Waals surface area (Å²) < 4.78 is 0. The maximum atomic E-state index is 11.3. The Balaban J connectivity index is 4.64. The first-order chi connectivity index (χ1) is 13.7. The molecule has 0 saturated heterocycles. The fourth-order valence-corrected chi connectivity index (χ4v) is 4.96. The van der Waals surface area contributed by atoms with Gasteiger partial charge in [0.15, 0.2) is 0 Å². The van der Waals surface area contributed by atoms with Crippen molar-refractivity contribution in [1.29, 1.82) is 0 Å². The van der Waals surface area contributed by atoms with Gasteiger partial charge in [0, 0.05) is 0 Å². The van der Waals surface area contributed by atoms with E-state index in [9.17, 15) is 5.11 Å². The van der Waals surface area contributed by atoms with Crippen molar-refractivity contribution < 1.29 is 5.11 Å². The number of unbranched alkanes of at least 4 members (excludes halogenated alkanes) is 13. The van der Waals surface area contributed by atoms with Crippen molar-refractivity contribution in [2.75, 3.05) is 0 Å². The third-order valence-electron chi connectivity index (χ3n) is 6.84. The molecule has 0 radical (unpaired) electrons. The Morgan fingerprint density at radius 3 is 1.29 bits per heavy atom. The molecule has 0 aliphatic carbocycles. The van der Waals surface area contributed by atoms with Gasteiger partial charge in [-0.3, -0.25) is 0 Å². The molecule has 0 aromatic carbocycles. The quantitative estimate of drug-likeness (QED) is 0.181. The van der Waals surface area contributed by atoms with Gasteiger partial charge in [-0.05, 0) is 31.1 Å². The third-order valence-corrected chi connectivity index (χ3v) is 6.84. The first-order valence-corrected chi connectivity index (χ1v) is 13.3. The molecule has 0 aromatic rings. The molecule has 0 spiro atoms. The monoisotopic (exact) mass is 396 g/mol. The van der Waals surface area contributed by atoms with Crippen LogP contribution in [0.4, 0.5) is 0 Å². The normalized spacial score (nSPS) is 13.2. The predicted molar refractivity (Wildman–Crippen MR) is 128 cm³/mol. The van der Waals surface area contributed by atoms with E-state index in [0.29, 0.717) is 0 Å². The highest BCUT2D eigenvalue weighted by Gasteiger charge is 2.35. The van der Waals surface area contributed by atoms with Gasteiger partial charge < -0.3 is 5.11 Å². The standard InChI is InChI=1S/C27H56O/c1-5-9-12-15-17-20-24-27(23-8-4,25-21-18-16-13-10-6-2)26(28)22-19-14-11-7-3/h26,28H,5-25H2,1-4H3. The van der Waals surface area contributed by atoms with E-state index in [1.807, 2.05) is 0 Å². The van der Waals surface area contributed by atoms with E-state index in [2.05, 4.69) is 27.7 Å². The molecule has 1 atom stereocenters. The van der Waals surface area contributed by atoms with Gasteiger partial charge in [0.25, 0.3) is 0 Å². The highest BCUT2D eigenvalue weighted by molar-refractivity contribution is 4.86. The van der Waals surface area contributed by atoms with E-state index in [-0.39, 0.29) is 11.5 Å². The molecule has 0 bridgehead atoms. The lowest BCUT2D eigenvalue weighted by Gasteiger charge is -2.39. The second-order valence-electron chi connectivity index (χ2n) is 9.51. The number of rotatable bonds is 22. The van der Waals surface area contributed by atoms with Crippen molar-refractivity contribution in [1.82, 2.24) is 0 Å². The average Bonchev–Trinajstić information content (AvgIpc) is 2.70. The Hall–Kier alpha value is -0.0400. The van der Waals surface area contributed by atoms with Crippen molar-refractivity contribution in [3.05, 3.63) is 0 Å². The summed E-state index contributed by atoms with van der Waals surface area (Å²) >= 11 is 0. The summed E-state index contributed by atoms with van der Waals surface area (Å²) in [6.45, 7) is 9.18. The second-order valence-corrected chi connectivity index (χ2v) is 9.51. The molecule has 1 N–H and O–H groups in total. The van der Waals surface area contributed by atoms with Gasteiger partial charge in [-0.15, -0.1) is 0 Å². The van der Waals surface area contributed by atoms with E-state index >= 15 is 0 Å². The topological polar surface area (TPSA) is 20.2 Å². The van der Waals surface area contributed by atoms with E-state index in [4.69, 9.17) is 0 Å². The first kappa shape index (κ1) is 28.0. The molecule has 1 nitrogen and oxygen atoms in total. The zero-order chi connectivity index (χ0) is 20.9. The second kappa shape index (κ2) is 20.2. The molecule has 28 heavy (non-hydrogen) atoms. The molecular formula is C27H56O. The third kappa shape index (κ3) is 14.0. The summed E-state index contributed by atoms with van der Waals surface area (Å²) in [5.41, 5.74) is 0.205. The Bertz CT molecular complexity index is 283. The summed E-state index contributed by atoms with van der Waals surface area (Å²) in [4.78, 5) is 0. The number of hydrogen-bond acceptors (Lipinski definition) is 1. The van der Waals surface area contributed by atoms with Crippen LogP contribution in [0, 0.1) is 5.41 Å². The zero-order valence-electron chi connectivity index (χ0n) is 20.4. The van der Waals surface area contributed by atoms with Crippen molar-refractivity contribution in [3.8, 4) is 0 Å². The van der Waals surface area contributed by atoms with Crippen LogP contribution in [0.25, 0.3) is 0 Å². The fourth-order valence-electron chi connectivity index (χ4n) is 4.96. The van der Waals surface area contributed by atoms with Gasteiger partial charge in [-0.1, -0.05) is 137 Å². The van der Waals surface area contributed by atoms with Crippen LogP contribution in [0.2, 0.25) is 0 Å². The highest BCUT2D eigenvalue weighted by Crippen LogP contribution is 2.41. The number of aliphatic hydroxyl groups is 1. The highest BCUT2D eigenvalue weighted by atomic mass is 16.3. The molecule has 0 aromatic heterocycles. The maximum absolute atomic E-state index is 11.3. The van der Waals surface area contributed by atoms with Gasteiger partial charge in [-0.25, -0.2) is 0 Å². The molecule has 1 heteroatoms. The van der Waals surface area contributed by atoms with Gasteiger partial charge in [-0.2, -0.15) is 0 Å². The number of hydrogen-bond donors (Lipinski definition) is 1. The van der Waals surface area contributed by atoms with Crippen LogP contribution >= 0.6 is 0 Å². The molecule has 170 valence electrons. The minimum atomic E-state index is -0.0735. The molecule has 0 rings (SSSR count). The van der Waals surface area contributed by atoms with Crippen LogP contribution in [0.15, 0.2) is 0 Å². The van der Waals surface area contributed by atoms with Crippen LogP contribution in [0.5, 0.6) is 0 Å². The summed E-state index contributed by atoms with van der Waals surface area (Å²) in [6.07, 6.45) is 27.4. The minimum absolute atomic E-state index is 0.0735. The van der Waals surface area contributed by atoms with Crippen LogP contribution < -0.4 is 0 Å². The predicted octanol–water partition coefficient (Wildman–Crippen LogP) is 9.61. The van der Waals surface area contributed by atoms with Gasteiger partial charge in [0.2, 0.25) is 0 Å². The average molecular weight is 397 g/mol. The lowest BCUT2D eigenvalue weighted by molar-refractivity contribution is -0.00769. The van der Waals surface area contributed by atoms with Crippen LogP contribution in [0.1, 0.15) is 163 Å². The molecule has 0 heterocycles. The fraction of sp³-hybridized carbons (Fsp3) is 1.00. The van der Waals surface area contributed by atoms with Gasteiger partial charge in [0.1, 0.15) is 0 Å². The minimum Gasteiger partial charge on any atom is -0.393 e. The van der Waals surface area contributed by atoms with E-state index < -0.39 is 0 Å². The van der Waals surface area contributed by atoms with Crippen molar-refractivity contribution in [2.24, 2.45) is 5.41 Å². The summed E-state index contributed by atoms with van der Waals surface area (Å²) in [6, 6.07) is 0. The van der Waals surface area contributed by atoms with Crippen LogP contribution in [0.3, 0.4) is 0 Å². The lowest BCUT2D eigenvalue weighted by atomic mass is 9.69. The number of aliphatic hydroxyl groups excluding tert-OH is 1.